The lowest BCUT2D eigenvalue weighted by Gasteiger charge is -2.25. The van der Waals surface area contributed by atoms with Gasteiger partial charge >= 0.3 is 5.97 Å². The molecule has 1 atom stereocenters. The predicted octanol–water partition coefficient (Wildman–Crippen LogP) is 3.14. The number of aromatic nitrogens is 1. The summed E-state index contributed by atoms with van der Waals surface area (Å²) in [5.74, 6) is -0.0269. The molecule has 1 heterocycles. The molecule has 0 saturated carbocycles. The van der Waals surface area contributed by atoms with E-state index >= 15 is 0 Å². The third-order valence-corrected chi connectivity index (χ3v) is 4.73. The van der Waals surface area contributed by atoms with Crippen molar-refractivity contribution in [3.05, 3.63) is 38.6 Å². The summed E-state index contributed by atoms with van der Waals surface area (Å²) in [6.07, 6.45) is 1.47. The van der Waals surface area contributed by atoms with Gasteiger partial charge < -0.3 is 19.1 Å². The fourth-order valence-corrected chi connectivity index (χ4v) is 3.26. The molecule has 2 aromatic rings. The minimum Gasteiger partial charge on any atom is -0.495 e. The Morgan fingerprint density at radius 1 is 1.36 bits per heavy atom. The van der Waals surface area contributed by atoms with Crippen LogP contribution in [0.15, 0.2) is 27.6 Å². The monoisotopic (exact) mass is 411 g/mol. The number of aliphatic hydroxyl groups is 1. The van der Waals surface area contributed by atoms with Crippen molar-refractivity contribution >= 4 is 32.8 Å². The van der Waals surface area contributed by atoms with Crippen LogP contribution in [0.2, 0.25) is 0 Å². The number of hydrogen-bond acceptors (Lipinski definition) is 5. The van der Waals surface area contributed by atoms with Crippen molar-refractivity contribution in [3.63, 3.8) is 0 Å². The molecule has 1 N–H and O–H groups in total. The summed E-state index contributed by atoms with van der Waals surface area (Å²) in [7, 11) is 1.54. The first-order valence-electron chi connectivity index (χ1n) is 8.06. The highest BCUT2D eigenvalue weighted by atomic mass is 79.9. The van der Waals surface area contributed by atoms with E-state index in [1.807, 2.05) is 13.8 Å². The summed E-state index contributed by atoms with van der Waals surface area (Å²) < 4.78 is 12.7. The summed E-state index contributed by atoms with van der Waals surface area (Å²) in [4.78, 5) is 25.0. The summed E-state index contributed by atoms with van der Waals surface area (Å²) >= 11 is 3.37. The van der Waals surface area contributed by atoms with Crippen molar-refractivity contribution in [2.75, 3.05) is 20.3 Å². The number of carbonyl (C=O) groups excluding carboxylic acids is 1. The predicted molar refractivity (Wildman–Crippen MR) is 99.4 cm³/mol. The number of hydrogen-bond donors (Lipinski definition) is 1. The number of ether oxygens (including phenoxy) is 2. The van der Waals surface area contributed by atoms with Crippen LogP contribution >= 0.6 is 15.9 Å². The minimum absolute atomic E-state index is 0.0504. The lowest BCUT2D eigenvalue weighted by Crippen LogP contribution is -2.26. The van der Waals surface area contributed by atoms with Crippen LogP contribution in [-0.2, 0) is 4.74 Å². The second-order valence-electron chi connectivity index (χ2n) is 6.00. The molecule has 1 aromatic carbocycles. The lowest BCUT2D eigenvalue weighted by molar-refractivity contribution is 0.0523. The van der Waals surface area contributed by atoms with Gasteiger partial charge in [-0.3, -0.25) is 4.79 Å². The number of fused-ring (bicyclic) bond motifs is 1. The molecule has 2 rings (SSSR count). The normalized spacial score (nSPS) is 12.4. The van der Waals surface area contributed by atoms with Gasteiger partial charge in [-0.1, -0.05) is 13.8 Å². The molecule has 25 heavy (non-hydrogen) atoms. The van der Waals surface area contributed by atoms with Gasteiger partial charge in [-0.2, -0.15) is 0 Å². The molecule has 1 aromatic heterocycles. The van der Waals surface area contributed by atoms with Crippen LogP contribution in [-0.4, -0.2) is 36.0 Å². The summed E-state index contributed by atoms with van der Waals surface area (Å²) in [6, 6.07) is 3.05. The Morgan fingerprint density at radius 3 is 2.56 bits per heavy atom. The second kappa shape index (κ2) is 8.01. The van der Waals surface area contributed by atoms with E-state index in [1.165, 1.54) is 13.3 Å². The zero-order valence-electron chi connectivity index (χ0n) is 14.7. The second-order valence-corrected chi connectivity index (χ2v) is 6.85. The number of pyridine rings is 1. The Kier molecular flexibility index (Phi) is 6.24. The average molecular weight is 412 g/mol. The summed E-state index contributed by atoms with van der Waals surface area (Å²) in [5.41, 5.74) is 0.130. The molecule has 0 amide bonds. The maximum absolute atomic E-state index is 12.8. The zero-order valence-corrected chi connectivity index (χ0v) is 16.3. The average Bonchev–Trinajstić information content (AvgIpc) is 2.57. The van der Waals surface area contributed by atoms with E-state index in [2.05, 4.69) is 15.9 Å². The van der Waals surface area contributed by atoms with E-state index in [0.29, 0.717) is 21.1 Å². The van der Waals surface area contributed by atoms with Crippen LogP contribution in [0.5, 0.6) is 5.75 Å². The van der Waals surface area contributed by atoms with Gasteiger partial charge in [0.05, 0.1) is 36.4 Å². The SMILES string of the molecule is CCOC(=O)c1cn(C(CO)C(C)C)c2cc(OC)c(Br)cc2c1=O. The van der Waals surface area contributed by atoms with Crippen molar-refractivity contribution in [1.82, 2.24) is 4.57 Å². The smallest absolute Gasteiger partial charge is 0.343 e. The first-order valence-corrected chi connectivity index (χ1v) is 8.85. The van der Waals surface area contributed by atoms with E-state index in [1.54, 1.807) is 23.6 Å². The topological polar surface area (TPSA) is 77.8 Å². The van der Waals surface area contributed by atoms with Crippen LogP contribution in [0.4, 0.5) is 0 Å². The number of nitrogens with zero attached hydrogens (tertiary/aromatic N) is 1. The fraction of sp³-hybridized carbons (Fsp3) is 0.444. The lowest BCUT2D eigenvalue weighted by atomic mass is 10.0. The van der Waals surface area contributed by atoms with Crippen molar-refractivity contribution in [2.45, 2.75) is 26.8 Å². The van der Waals surface area contributed by atoms with E-state index in [9.17, 15) is 14.7 Å². The van der Waals surface area contributed by atoms with Crippen LogP contribution in [0.3, 0.4) is 0 Å². The molecule has 136 valence electrons. The highest BCUT2D eigenvalue weighted by Gasteiger charge is 2.23. The molecule has 0 bridgehead atoms. The van der Waals surface area contributed by atoms with Crippen LogP contribution in [0.1, 0.15) is 37.2 Å². The van der Waals surface area contributed by atoms with Crippen LogP contribution < -0.4 is 10.2 Å². The number of methoxy groups -OCH3 is 1. The largest absolute Gasteiger partial charge is 0.495 e. The van der Waals surface area contributed by atoms with Crippen molar-refractivity contribution in [1.29, 1.82) is 0 Å². The third-order valence-electron chi connectivity index (χ3n) is 4.11. The molecule has 0 aliphatic rings. The molecule has 0 spiro atoms. The molecule has 1 unspecified atom stereocenters. The number of halogens is 1. The van der Waals surface area contributed by atoms with Gasteiger partial charge in [0.15, 0.2) is 0 Å². The van der Waals surface area contributed by atoms with E-state index in [4.69, 9.17) is 9.47 Å². The van der Waals surface area contributed by atoms with E-state index in [-0.39, 0.29) is 30.7 Å². The maximum Gasteiger partial charge on any atom is 0.343 e. The van der Waals surface area contributed by atoms with Gasteiger partial charge in [0.25, 0.3) is 0 Å². The molecule has 6 nitrogen and oxygen atoms in total. The van der Waals surface area contributed by atoms with Gasteiger partial charge in [0.2, 0.25) is 5.43 Å². The summed E-state index contributed by atoms with van der Waals surface area (Å²) in [6.45, 7) is 5.66. The fourth-order valence-electron chi connectivity index (χ4n) is 2.76. The number of rotatable bonds is 6. The van der Waals surface area contributed by atoms with E-state index < -0.39 is 11.4 Å². The molecular weight excluding hydrogens is 390 g/mol. The van der Waals surface area contributed by atoms with Crippen LogP contribution in [0, 0.1) is 5.92 Å². The Bertz CT molecular complexity index is 843. The van der Waals surface area contributed by atoms with Crippen molar-refractivity contribution in [3.8, 4) is 5.75 Å². The van der Waals surface area contributed by atoms with Gasteiger partial charge in [-0.05, 0) is 34.8 Å². The Labute approximate surface area is 154 Å². The zero-order chi connectivity index (χ0) is 18.7. The quantitative estimate of drug-likeness (QED) is 0.738. The Hall–Kier alpha value is -1.86. The molecular formula is C18H22BrNO5. The van der Waals surface area contributed by atoms with Gasteiger partial charge in [0.1, 0.15) is 11.3 Å². The summed E-state index contributed by atoms with van der Waals surface area (Å²) in [5, 5.41) is 10.2. The number of benzene rings is 1. The molecule has 0 radical (unpaired) electrons. The third kappa shape index (κ3) is 3.72. The molecule has 0 fully saturated rings. The molecule has 7 heteroatoms. The van der Waals surface area contributed by atoms with Gasteiger partial charge in [0, 0.05) is 17.6 Å². The maximum atomic E-state index is 12.8. The van der Waals surface area contributed by atoms with Crippen LogP contribution in [0.25, 0.3) is 10.9 Å². The number of aliphatic hydroxyl groups excluding tert-OH is 1. The Morgan fingerprint density at radius 2 is 2.04 bits per heavy atom. The minimum atomic E-state index is -0.671. The molecule has 0 saturated heterocycles. The molecule has 0 aliphatic carbocycles. The van der Waals surface area contributed by atoms with Crippen molar-refractivity contribution in [2.24, 2.45) is 5.92 Å². The van der Waals surface area contributed by atoms with Gasteiger partial charge in [-0.15, -0.1) is 0 Å². The Balaban J connectivity index is 2.89. The van der Waals surface area contributed by atoms with Crippen molar-refractivity contribution < 1.29 is 19.4 Å². The number of esters is 1. The first kappa shape index (κ1) is 19.5. The highest BCUT2D eigenvalue weighted by molar-refractivity contribution is 9.10. The number of carbonyl (C=O) groups is 1. The molecule has 0 aliphatic heterocycles. The van der Waals surface area contributed by atoms with Gasteiger partial charge in [-0.25, -0.2) is 4.79 Å². The highest BCUT2D eigenvalue weighted by Crippen LogP contribution is 2.31. The standard InChI is InChI=1S/C18H22BrNO5/c1-5-25-18(23)12-8-20(15(9-21)10(2)3)14-7-16(24-4)13(19)6-11(14)17(12)22/h6-8,10,15,21H,5,9H2,1-4H3. The van der Waals surface area contributed by atoms with E-state index in [0.717, 1.165) is 0 Å². The first-order chi connectivity index (χ1) is 11.8.